The lowest BCUT2D eigenvalue weighted by Gasteiger charge is -2.09. The highest BCUT2D eigenvalue weighted by Gasteiger charge is 2.14. The van der Waals surface area contributed by atoms with Crippen molar-refractivity contribution in [2.75, 3.05) is 0 Å². The summed E-state index contributed by atoms with van der Waals surface area (Å²) in [5.41, 5.74) is 3.53. The molecule has 3 heteroatoms. The molecule has 2 aromatic heterocycles. The van der Waals surface area contributed by atoms with Crippen LogP contribution in [0, 0.1) is 0 Å². The Kier molecular flexibility index (Phi) is 2.84. The highest BCUT2D eigenvalue weighted by Crippen LogP contribution is 2.35. The van der Waals surface area contributed by atoms with Crippen molar-refractivity contribution in [3.63, 3.8) is 0 Å². The Morgan fingerprint density at radius 2 is 1.54 bits per heavy atom. The van der Waals surface area contributed by atoms with Gasteiger partial charge in [-0.05, 0) is 56.9 Å². The monoisotopic (exact) mass is 328 g/mol. The molecular weight excluding hydrogens is 316 g/mol. The number of thiophene rings is 1. The van der Waals surface area contributed by atoms with Gasteiger partial charge in [0.05, 0.1) is 10.8 Å². The Morgan fingerprint density at radius 1 is 0.792 bits per heavy atom. The van der Waals surface area contributed by atoms with Gasteiger partial charge in [0.2, 0.25) is 5.43 Å². The van der Waals surface area contributed by atoms with Crippen LogP contribution in [0.25, 0.3) is 43.8 Å². The van der Waals surface area contributed by atoms with Gasteiger partial charge in [0.1, 0.15) is 11.2 Å². The van der Waals surface area contributed by atoms with Crippen molar-refractivity contribution in [2.24, 2.45) is 0 Å². The Balaban J connectivity index is 2.06. The second kappa shape index (κ2) is 5.05. The molecule has 5 rings (SSSR count). The Labute approximate surface area is 141 Å². The molecule has 0 atom stereocenters. The molecule has 0 aliphatic heterocycles. The van der Waals surface area contributed by atoms with E-state index < -0.39 is 0 Å². The van der Waals surface area contributed by atoms with Crippen LogP contribution in [-0.2, 0) is 0 Å². The van der Waals surface area contributed by atoms with Crippen LogP contribution in [-0.4, -0.2) is 0 Å². The van der Waals surface area contributed by atoms with Gasteiger partial charge < -0.3 is 4.42 Å². The lowest BCUT2D eigenvalue weighted by molar-refractivity contribution is 0.660. The minimum atomic E-state index is 0.0277. The molecule has 0 spiro atoms. The summed E-state index contributed by atoms with van der Waals surface area (Å²) in [5, 5.41) is 7.47. The quantitative estimate of drug-likeness (QED) is 0.286. The van der Waals surface area contributed by atoms with E-state index in [-0.39, 0.29) is 5.43 Å². The summed E-state index contributed by atoms with van der Waals surface area (Å²) in [7, 11) is 0. The fraction of sp³-hybridized carbons (Fsp3) is 0. The first-order valence-electron chi connectivity index (χ1n) is 7.73. The van der Waals surface area contributed by atoms with Crippen LogP contribution in [0.2, 0.25) is 0 Å². The third-order valence-corrected chi connectivity index (χ3v) is 5.10. The fourth-order valence-corrected chi connectivity index (χ4v) is 3.97. The van der Waals surface area contributed by atoms with Gasteiger partial charge in [0.25, 0.3) is 0 Å². The first-order chi connectivity index (χ1) is 11.8. The van der Waals surface area contributed by atoms with E-state index in [0.29, 0.717) is 21.9 Å². The molecule has 2 heterocycles. The zero-order valence-corrected chi connectivity index (χ0v) is 13.5. The van der Waals surface area contributed by atoms with Crippen LogP contribution in [0.3, 0.4) is 0 Å². The molecular formula is C21H12O2S. The molecule has 2 nitrogen and oxygen atoms in total. The largest absolute Gasteiger partial charge is 0.456 e. The number of rotatable bonds is 1. The van der Waals surface area contributed by atoms with Crippen molar-refractivity contribution in [1.82, 2.24) is 0 Å². The van der Waals surface area contributed by atoms with Crippen LogP contribution in [0.15, 0.2) is 80.6 Å². The molecule has 0 amide bonds. The third kappa shape index (κ3) is 1.85. The van der Waals surface area contributed by atoms with Crippen molar-refractivity contribution in [2.45, 2.75) is 0 Å². The average molecular weight is 328 g/mol. The molecule has 24 heavy (non-hydrogen) atoms. The van der Waals surface area contributed by atoms with Gasteiger partial charge in [-0.3, -0.25) is 4.79 Å². The lowest BCUT2D eigenvalue weighted by Crippen LogP contribution is -2.03. The predicted molar refractivity (Wildman–Crippen MR) is 101 cm³/mol. The van der Waals surface area contributed by atoms with Crippen molar-refractivity contribution in [3.8, 4) is 11.1 Å². The highest BCUT2D eigenvalue weighted by atomic mass is 32.1. The number of hydrogen-bond donors (Lipinski definition) is 0. The van der Waals surface area contributed by atoms with E-state index in [4.69, 9.17) is 4.42 Å². The molecule has 0 radical (unpaired) electrons. The maximum absolute atomic E-state index is 13.0. The van der Waals surface area contributed by atoms with Crippen LogP contribution in [0.4, 0.5) is 0 Å². The molecule has 0 aliphatic carbocycles. The van der Waals surface area contributed by atoms with Crippen molar-refractivity contribution >= 4 is 44.0 Å². The van der Waals surface area contributed by atoms with Gasteiger partial charge >= 0.3 is 0 Å². The van der Waals surface area contributed by atoms with E-state index in [1.165, 1.54) is 0 Å². The Hall–Kier alpha value is -2.91. The second-order valence-electron chi connectivity index (χ2n) is 5.78. The van der Waals surface area contributed by atoms with Crippen LogP contribution in [0.5, 0.6) is 0 Å². The van der Waals surface area contributed by atoms with E-state index in [1.807, 2.05) is 48.5 Å². The molecule has 0 bridgehead atoms. The highest BCUT2D eigenvalue weighted by molar-refractivity contribution is 7.08. The minimum absolute atomic E-state index is 0.0277. The molecule has 3 aromatic carbocycles. The summed E-state index contributed by atoms with van der Waals surface area (Å²) in [5.74, 6) is 0. The van der Waals surface area contributed by atoms with Gasteiger partial charge in [-0.15, -0.1) is 0 Å². The van der Waals surface area contributed by atoms with Gasteiger partial charge in [-0.1, -0.05) is 36.4 Å². The predicted octanol–water partition coefficient (Wildman–Crippen LogP) is 5.83. The smallest absolute Gasteiger partial charge is 0.201 e. The summed E-state index contributed by atoms with van der Waals surface area (Å²) < 4.78 is 6.08. The molecule has 0 N–H and O–H groups in total. The van der Waals surface area contributed by atoms with Crippen LogP contribution >= 0.6 is 11.3 Å². The van der Waals surface area contributed by atoms with Gasteiger partial charge in [0.15, 0.2) is 0 Å². The molecule has 5 aromatic rings. The normalized spacial score (nSPS) is 11.5. The maximum atomic E-state index is 13.0. The molecule has 0 unspecified atom stereocenters. The van der Waals surface area contributed by atoms with Crippen LogP contribution < -0.4 is 5.43 Å². The summed E-state index contributed by atoms with van der Waals surface area (Å²) in [6.07, 6.45) is 0. The standard InChI is InChI=1S/C21H12O2S/c22-21-16-7-3-4-8-18(16)23-19-11-17(13-9-10-24-12-13)14-5-1-2-6-15(14)20(19)21/h1-12H. The second-order valence-corrected chi connectivity index (χ2v) is 6.56. The Bertz CT molecular complexity index is 1260. The molecule has 0 aliphatic rings. The maximum Gasteiger partial charge on any atom is 0.201 e. The van der Waals surface area contributed by atoms with E-state index >= 15 is 0 Å². The third-order valence-electron chi connectivity index (χ3n) is 4.42. The van der Waals surface area contributed by atoms with Crippen molar-refractivity contribution < 1.29 is 4.42 Å². The topological polar surface area (TPSA) is 30.2 Å². The van der Waals surface area contributed by atoms with Gasteiger partial charge in [-0.25, -0.2) is 0 Å². The number of hydrogen-bond acceptors (Lipinski definition) is 3. The molecule has 0 saturated carbocycles. The zero-order valence-electron chi connectivity index (χ0n) is 12.7. The van der Waals surface area contributed by atoms with Crippen LogP contribution in [0.1, 0.15) is 0 Å². The van der Waals surface area contributed by atoms with E-state index in [1.54, 1.807) is 11.3 Å². The summed E-state index contributed by atoms with van der Waals surface area (Å²) >= 11 is 1.66. The number of benzene rings is 3. The summed E-state index contributed by atoms with van der Waals surface area (Å²) in [6, 6.07) is 19.5. The first-order valence-corrected chi connectivity index (χ1v) is 8.67. The minimum Gasteiger partial charge on any atom is -0.456 e. The van der Waals surface area contributed by atoms with E-state index in [0.717, 1.165) is 21.9 Å². The molecule has 114 valence electrons. The SMILES string of the molecule is O=c1c2ccccc2oc2cc(-c3ccsc3)c3ccccc3c12. The summed E-state index contributed by atoms with van der Waals surface area (Å²) in [6.45, 7) is 0. The summed E-state index contributed by atoms with van der Waals surface area (Å²) in [4.78, 5) is 13.0. The number of para-hydroxylation sites is 1. The lowest BCUT2D eigenvalue weighted by atomic mass is 9.96. The van der Waals surface area contributed by atoms with E-state index in [2.05, 4.69) is 22.9 Å². The average Bonchev–Trinajstić information content (AvgIpc) is 3.15. The van der Waals surface area contributed by atoms with E-state index in [9.17, 15) is 4.79 Å². The van der Waals surface area contributed by atoms with Gasteiger partial charge in [-0.2, -0.15) is 11.3 Å². The van der Waals surface area contributed by atoms with Crippen molar-refractivity contribution in [1.29, 1.82) is 0 Å². The Morgan fingerprint density at radius 3 is 2.33 bits per heavy atom. The first kappa shape index (κ1) is 13.5. The molecule has 0 fully saturated rings. The van der Waals surface area contributed by atoms with Gasteiger partial charge in [0, 0.05) is 0 Å². The number of fused-ring (bicyclic) bond motifs is 4. The van der Waals surface area contributed by atoms with Crippen molar-refractivity contribution in [3.05, 3.63) is 81.6 Å². The molecule has 0 saturated heterocycles. The zero-order chi connectivity index (χ0) is 16.1. The fourth-order valence-electron chi connectivity index (χ4n) is 3.32.